The van der Waals surface area contributed by atoms with Crippen molar-refractivity contribution < 1.29 is 38.4 Å². The maximum Gasteiger partial charge on any atom is 0.338 e. The van der Waals surface area contributed by atoms with Crippen LogP contribution < -0.4 is 5.43 Å². The number of ether oxygens (including phenoxy) is 2. The Morgan fingerprint density at radius 1 is 0.882 bits per heavy atom. The number of benzene rings is 3. The van der Waals surface area contributed by atoms with Crippen LogP contribution in [0.15, 0.2) is 57.7 Å². The molecule has 9 nitrogen and oxygen atoms in total. The van der Waals surface area contributed by atoms with Crippen molar-refractivity contribution in [2.75, 3.05) is 21.3 Å². The van der Waals surface area contributed by atoms with Gasteiger partial charge in [0, 0.05) is 28.6 Å². The van der Waals surface area contributed by atoms with Crippen LogP contribution in [0, 0.1) is 0 Å². The van der Waals surface area contributed by atoms with Crippen molar-refractivity contribution in [3.05, 3.63) is 75.4 Å². The average molecular weight is 464 g/mol. The van der Waals surface area contributed by atoms with Gasteiger partial charge >= 0.3 is 11.9 Å². The highest BCUT2D eigenvalue weighted by molar-refractivity contribution is 6.09. The molecule has 2 aromatic carbocycles. The number of fused-ring (bicyclic) bond motifs is 2. The normalized spacial score (nSPS) is 11.0. The number of carbonyl (C=O) groups excluding carboxylic acids is 2. The summed E-state index contributed by atoms with van der Waals surface area (Å²) in [5, 5.41) is 10.5. The Morgan fingerprint density at radius 2 is 1.62 bits per heavy atom. The summed E-state index contributed by atoms with van der Waals surface area (Å²) in [6.45, 7) is -0.117. The number of phenols is 1. The van der Waals surface area contributed by atoms with Gasteiger partial charge in [0.2, 0.25) is 0 Å². The van der Waals surface area contributed by atoms with E-state index in [9.17, 15) is 19.5 Å². The molecule has 1 heterocycles. The first-order valence-corrected chi connectivity index (χ1v) is 10.1. The molecule has 0 amide bonds. The quantitative estimate of drug-likeness (QED) is 0.196. The monoisotopic (exact) mass is 464 g/mol. The minimum absolute atomic E-state index is 0.0387. The molecule has 0 unspecified atom stereocenters. The highest BCUT2D eigenvalue weighted by Gasteiger charge is 2.26. The van der Waals surface area contributed by atoms with Gasteiger partial charge in [0.1, 0.15) is 23.7 Å². The van der Waals surface area contributed by atoms with Gasteiger partial charge in [-0.2, -0.15) is 0 Å². The minimum Gasteiger partial charge on any atom is -0.508 e. The fraction of sp³-hybridized carbons (Fsp3) is 0.160. The highest BCUT2D eigenvalue weighted by atomic mass is 17.2. The fourth-order valence-corrected chi connectivity index (χ4v) is 3.82. The average Bonchev–Trinajstić information content (AvgIpc) is 2.84. The zero-order chi connectivity index (χ0) is 24.4. The van der Waals surface area contributed by atoms with Gasteiger partial charge in [-0.05, 0) is 47.5 Å². The largest absolute Gasteiger partial charge is 0.508 e. The van der Waals surface area contributed by atoms with Crippen LogP contribution in [-0.4, -0.2) is 38.4 Å². The van der Waals surface area contributed by atoms with E-state index in [4.69, 9.17) is 23.7 Å². The van der Waals surface area contributed by atoms with Crippen molar-refractivity contribution in [3.8, 4) is 28.2 Å². The number of hydrogen-bond acceptors (Lipinski definition) is 9. The Hall–Kier alpha value is -4.21. The molecule has 1 aliphatic carbocycles. The molecule has 0 saturated carbocycles. The molecule has 174 valence electrons. The molecule has 0 saturated heterocycles. The molecule has 0 bridgehead atoms. The van der Waals surface area contributed by atoms with Crippen LogP contribution in [0.1, 0.15) is 26.3 Å². The Kier molecular flexibility index (Phi) is 6.31. The summed E-state index contributed by atoms with van der Waals surface area (Å²) in [4.78, 5) is 47.1. The third-order valence-electron chi connectivity index (χ3n) is 5.33. The number of aromatic hydroxyl groups is 1. The predicted molar refractivity (Wildman–Crippen MR) is 121 cm³/mol. The SMILES string of the molecule is COOCc1cc(-c2c3ccc(=O)cc-3oc3cc(O)ccc23)c(C(=O)OC)cc1C(=O)OC. The van der Waals surface area contributed by atoms with E-state index in [0.29, 0.717) is 27.6 Å². The van der Waals surface area contributed by atoms with Crippen molar-refractivity contribution in [1.29, 1.82) is 0 Å². The van der Waals surface area contributed by atoms with Crippen LogP contribution in [0.25, 0.3) is 33.4 Å². The molecule has 0 atom stereocenters. The third kappa shape index (κ3) is 4.09. The van der Waals surface area contributed by atoms with Crippen molar-refractivity contribution in [2.24, 2.45) is 0 Å². The van der Waals surface area contributed by atoms with Crippen LogP contribution in [-0.2, 0) is 25.9 Å². The lowest BCUT2D eigenvalue weighted by Crippen LogP contribution is -2.12. The predicted octanol–water partition coefficient (Wildman–Crippen LogP) is 3.92. The maximum atomic E-state index is 12.8. The third-order valence-corrected chi connectivity index (χ3v) is 5.33. The van der Waals surface area contributed by atoms with Crippen molar-refractivity contribution >= 4 is 22.9 Å². The summed E-state index contributed by atoms with van der Waals surface area (Å²) >= 11 is 0. The number of hydrogen-bond donors (Lipinski definition) is 1. The number of carbonyl (C=O) groups is 2. The Morgan fingerprint density at radius 3 is 2.32 bits per heavy atom. The Bertz CT molecular complexity index is 1430. The first kappa shape index (κ1) is 23.0. The molecule has 0 fully saturated rings. The molecule has 4 rings (SSSR count). The van der Waals surface area contributed by atoms with E-state index in [0.717, 1.165) is 0 Å². The van der Waals surface area contributed by atoms with Gasteiger partial charge in [-0.3, -0.25) is 4.79 Å². The summed E-state index contributed by atoms with van der Waals surface area (Å²) in [5.74, 6) is -1.16. The van der Waals surface area contributed by atoms with E-state index in [1.54, 1.807) is 18.2 Å². The van der Waals surface area contributed by atoms with Gasteiger partial charge in [-0.1, -0.05) is 0 Å². The molecule has 2 aliphatic rings. The van der Waals surface area contributed by atoms with Crippen LogP contribution in [0.5, 0.6) is 5.75 Å². The Labute approximate surface area is 193 Å². The first-order valence-electron chi connectivity index (χ1n) is 10.1. The molecule has 2 aromatic rings. The molecular formula is C25H20O9. The molecular weight excluding hydrogens is 444 g/mol. The highest BCUT2D eigenvalue weighted by Crippen LogP contribution is 2.43. The summed E-state index contributed by atoms with van der Waals surface area (Å²) in [7, 11) is 3.78. The van der Waals surface area contributed by atoms with E-state index in [-0.39, 0.29) is 40.3 Å². The minimum atomic E-state index is -0.694. The van der Waals surface area contributed by atoms with E-state index in [2.05, 4.69) is 0 Å². The topological polar surface area (TPSA) is 122 Å². The van der Waals surface area contributed by atoms with Gasteiger partial charge in [-0.15, -0.1) is 0 Å². The molecule has 0 aromatic heterocycles. The second kappa shape index (κ2) is 9.34. The summed E-state index contributed by atoms with van der Waals surface area (Å²) in [5.41, 5.74) is 2.04. The molecule has 0 radical (unpaired) electrons. The van der Waals surface area contributed by atoms with Crippen molar-refractivity contribution in [3.63, 3.8) is 0 Å². The van der Waals surface area contributed by atoms with Crippen LogP contribution in [0.2, 0.25) is 0 Å². The first-order chi connectivity index (χ1) is 16.4. The number of esters is 2. The van der Waals surface area contributed by atoms with Gasteiger partial charge in [0.15, 0.2) is 5.43 Å². The van der Waals surface area contributed by atoms with Crippen molar-refractivity contribution in [1.82, 2.24) is 0 Å². The molecule has 1 N–H and O–H groups in total. The second-order valence-corrected chi connectivity index (χ2v) is 7.28. The van der Waals surface area contributed by atoms with Gasteiger partial charge in [-0.25, -0.2) is 19.4 Å². The zero-order valence-corrected chi connectivity index (χ0v) is 18.5. The lowest BCUT2D eigenvalue weighted by molar-refractivity contribution is -0.282. The van der Waals surface area contributed by atoms with Crippen molar-refractivity contribution in [2.45, 2.75) is 6.61 Å². The second-order valence-electron chi connectivity index (χ2n) is 7.28. The van der Waals surface area contributed by atoms with E-state index >= 15 is 0 Å². The van der Waals surface area contributed by atoms with Gasteiger partial charge in [0.25, 0.3) is 0 Å². The molecule has 1 aliphatic heterocycles. The summed E-state index contributed by atoms with van der Waals surface area (Å²) in [6.07, 6.45) is 0. The number of methoxy groups -OCH3 is 2. The summed E-state index contributed by atoms with van der Waals surface area (Å²) < 4.78 is 15.7. The van der Waals surface area contributed by atoms with E-state index in [1.807, 2.05) is 0 Å². The lowest BCUT2D eigenvalue weighted by Gasteiger charge is -2.19. The maximum absolute atomic E-state index is 12.8. The zero-order valence-electron chi connectivity index (χ0n) is 18.5. The van der Waals surface area contributed by atoms with Gasteiger partial charge < -0.3 is 19.0 Å². The molecule has 34 heavy (non-hydrogen) atoms. The number of phenolic OH excluding ortho intramolecular Hbond substituents is 1. The molecule has 0 spiro atoms. The van der Waals surface area contributed by atoms with E-state index in [1.165, 1.54) is 51.7 Å². The number of rotatable bonds is 6. The smallest absolute Gasteiger partial charge is 0.338 e. The van der Waals surface area contributed by atoms with Crippen LogP contribution >= 0.6 is 0 Å². The lowest BCUT2D eigenvalue weighted by atomic mass is 9.88. The van der Waals surface area contributed by atoms with Crippen LogP contribution in [0.4, 0.5) is 0 Å². The van der Waals surface area contributed by atoms with Gasteiger partial charge in [0.05, 0.1) is 32.5 Å². The standard InChI is InChI=1S/C25H20O9/c1-30-24(28)18-11-20(25(29)31-2)19(8-13(18)12-33-32-3)23-16-6-4-14(26)9-21(16)34-22-10-15(27)5-7-17(22)23/h4-11,26H,12H2,1-3H3. The van der Waals surface area contributed by atoms with Crippen LogP contribution in [0.3, 0.4) is 0 Å². The summed E-state index contributed by atoms with van der Waals surface area (Å²) in [6, 6.07) is 11.8. The fourth-order valence-electron chi connectivity index (χ4n) is 3.82. The van der Waals surface area contributed by atoms with E-state index < -0.39 is 11.9 Å². The Balaban J connectivity index is 2.15. The molecule has 9 heteroatoms.